The van der Waals surface area contributed by atoms with Crippen molar-refractivity contribution in [3.63, 3.8) is 0 Å². The molecule has 0 aromatic heterocycles. The molecule has 0 aliphatic carbocycles. The van der Waals surface area contributed by atoms with Crippen molar-refractivity contribution in [1.82, 2.24) is 4.31 Å². The summed E-state index contributed by atoms with van der Waals surface area (Å²) < 4.78 is 44.1. The Bertz CT molecular complexity index is 1060. The number of methoxy groups -OCH3 is 2. The van der Waals surface area contributed by atoms with E-state index in [0.29, 0.717) is 49.1 Å². The van der Waals surface area contributed by atoms with Crippen LogP contribution in [0.4, 0.5) is 5.69 Å². The van der Waals surface area contributed by atoms with Crippen LogP contribution < -0.4 is 19.5 Å². The molecule has 0 bridgehead atoms. The van der Waals surface area contributed by atoms with E-state index in [1.165, 1.54) is 10.4 Å². The third-order valence-electron chi connectivity index (χ3n) is 5.55. The van der Waals surface area contributed by atoms with Crippen LogP contribution in [0.1, 0.15) is 38.2 Å². The summed E-state index contributed by atoms with van der Waals surface area (Å²) in [5, 5.41) is 2.81. The third kappa shape index (κ3) is 6.17. The van der Waals surface area contributed by atoms with Crippen LogP contribution in [-0.2, 0) is 21.2 Å². The van der Waals surface area contributed by atoms with Gasteiger partial charge in [-0.25, -0.2) is 8.42 Å². The molecule has 1 saturated heterocycles. The molecular weight excluding hydrogens is 444 g/mol. The molecular formula is C24H32N2O6S. The van der Waals surface area contributed by atoms with Gasteiger partial charge in [0.2, 0.25) is 15.9 Å². The molecule has 0 unspecified atom stereocenters. The zero-order valence-corrected chi connectivity index (χ0v) is 20.2. The van der Waals surface area contributed by atoms with Crippen molar-refractivity contribution in [3.05, 3.63) is 42.0 Å². The van der Waals surface area contributed by atoms with Crippen LogP contribution >= 0.6 is 0 Å². The number of hydrogen-bond acceptors (Lipinski definition) is 6. The van der Waals surface area contributed by atoms with Gasteiger partial charge >= 0.3 is 0 Å². The van der Waals surface area contributed by atoms with Crippen molar-refractivity contribution < 1.29 is 27.4 Å². The van der Waals surface area contributed by atoms with Crippen molar-refractivity contribution in [2.75, 3.05) is 39.2 Å². The highest BCUT2D eigenvalue weighted by Crippen LogP contribution is 2.32. The summed E-state index contributed by atoms with van der Waals surface area (Å²) in [4.78, 5) is 12.7. The van der Waals surface area contributed by atoms with E-state index in [4.69, 9.17) is 14.2 Å². The minimum absolute atomic E-state index is 0.0870. The summed E-state index contributed by atoms with van der Waals surface area (Å²) in [5.74, 6) is 1.32. The number of ether oxygens (including phenoxy) is 3. The molecule has 1 aliphatic heterocycles. The summed E-state index contributed by atoms with van der Waals surface area (Å²) in [7, 11) is -0.575. The van der Waals surface area contributed by atoms with E-state index in [0.717, 1.165) is 24.8 Å². The van der Waals surface area contributed by atoms with E-state index in [1.54, 1.807) is 39.3 Å². The molecule has 33 heavy (non-hydrogen) atoms. The molecule has 0 radical (unpaired) electrons. The number of anilines is 1. The lowest BCUT2D eigenvalue weighted by Gasteiger charge is -2.27. The van der Waals surface area contributed by atoms with Gasteiger partial charge in [-0.3, -0.25) is 4.79 Å². The fourth-order valence-corrected chi connectivity index (χ4v) is 5.50. The summed E-state index contributed by atoms with van der Waals surface area (Å²) in [6.07, 6.45) is 3.45. The van der Waals surface area contributed by atoms with Gasteiger partial charge in [0.05, 0.1) is 20.8 Å². The van der Waals surface area contributed by atoms with Crippen LogP contribution in [0, 0.1) is 0 Å². The molecule has 1 heterocycles. The Kier molecular flexibility index (Phi) is 8.57. The van der Waals surface area contributed by atoms with Crippen molar-refractivity contribution >= 4 is 21.6 Å². The van der Waals surface area contributed by atoms with Crippen LogP contribution in [-0.4, -0.2) is 52.5 Å². The first kappa shape index (κ1) is 24.9. The predicted molar refractivity (Wildman–Crippen MR) is 127 cm³/mol. The molecule has 1 N–H and O–H groups in total. The highest BCUT2D eigenvalue weighted by atomic mass is 32.2. The summed E-state index contributed by atoms with van der Waals surface area (Å²) in [6, 6.07) is 10.3. The monoisotopic (exact) mass is 476 g/mol. The van der Waals surface area contributed by atoms with Gasteiger partial charge in [0, 0.05) is 25.2 Å². The summed E-state index contributed by atoms with van der Waals surface area (Å²) in [5.41, 5.74) is 1.36. The molecule has 1 amide bonds. The molecule has 8 nitrogen and oxygen atoms in total. The number of carbonyl (C=O) groups excluding carboxylic acids is 1. The Morgan fingerprint density at radius 2 is 1.67 bits per heavy atom. The van der Waals surface area contributed by atoms with E-state index in [9.17, 15) is 13.2 Å². The molecule has 0 spiro atoms. The van der Waals surface area contributed by atoms with Crippen LogP contribution in [0.2, 0.25) is 0 Å². The number of rotatable bonds is 10. The van der Waals surface area contributed by atoms with Gasteiger partial charge in [0.1, 0.15) is 10.6 Å². The number of hydrogen-bond donors (Lipinski definition) is 1. The first-order valence-corrected chi connectivity index (χ1v) is 12.6. The van der Waals surface area contributed by atoms with E-state index < -0.39 is 10.0 Å². The van der Waals surface area contributed by atoms with Gasteiger partial charge in [0.15, 0.2) is 11.5 Å². The summed E-state index contributed by atoms with van der Waals surface area (Å²) in [6.45, 7) is 3.15. The van der Waals surface area contributed by atoms with Crippen molar-refractivity contribution in [1.29, 1.82) is 0 Å². The molecule has 2 aromatic rings. The van der Waals surface area contributed by atoms with Gasteiger partial charge in [-0.2, -0.15) is 4.31 Å². The number of nitrogens with zero attached hydrogens (tertiary/aromatic N) is 1. The van der Waals surface area contributed by atoms with Crippen LogP contribution in [0.15, 0.2) is 41.3 Å². The van der Waals surface area contributed by atoms with Gasteiger partial charge in [-0.15, -0.1) is 0 Å². The lowest BCUT2D eigenvalue weighted by Crippen LogP contribution is -2.35. The Balaban J connectivity index is 1.73. The lowest BCUT2D eigenvalue weighted by atomic mass is 10.1. The largest absolute Gasteiger partial charge is 0.493 e. The average molecular weight is 477 g/mol. The fourth-order valence-electron chi connectivity index (χ4n) is 3.82. The van der Waals surface area contributed by atoms with Crippen molar-refractivity contribution in [2.24, 2.45) is 0 Å². The van der Waals surface area contributed by atoms with E-state index in [1.807, 2.05) is 12.1 Å². The Morgan fingerprint density at radius 1 is 0.970 bits per heavy atom. The van der Waals surface area contributed by atoms with Crippen LogP contribution in [0.3, 0.4) is 0 Å². The zero-order chi connectivity index (χ0) is 23.8. The Labute approximate surface area is 195 Å². The molecule has 1 fully saturated rings. The minimum atomic E-state index is -3.71. The van der Waals surface area contributed by atoms with E-state index >= 15 is 0 Å². The topological polar surface area (TPSA) is 94.2 Å². The molecule has 1 aliphatic rings. The molecule has 180 valence electrons. The van der Waals surface area contributed by atoms with E-state index in [-0.39, 0.29) is 17.2 Å². The van der Waals surface area contributed by atoms with Crippen molar-refractivity contribution in [2.45, 2.75) is 43.9 Å². The molecule has 9 heteroatoms. The van der Waals surface area contributed by atoms with Gasteiger partial charge in [-0.1, -0.05) is 12.5 Å². The first-order valence-electron chi connectivity index (χ1n) is 11.2. The SMILES string of the molecule is CCOc1ccc(NC(=O)CCc2ccc(OC)c(OC)c2)cc1S(=O)(=O)N1CCCCC1. The first-order chi connectivity index (χ1) is 15.9. The molecule has 0 saturated carbocycles. The minimum Gasteiger partial charge on any atom is -0.493 e. The average Bonchev–Trinajstić information content (AvgIpc) is 2.84. The standard InChI is InChI=1S/C24H32N2O6S/c1-4-32-21-12-10-19(17-23(21)33(28,29)26-14-6-5-7-15-26)25-24(27)13-9-18-8-11-20(30-2)22(16-18)31-3/h8,10-12,16-17H,4-7,9,13-15H2,1-3H3,(H,25,27). The lowest BCUT2D eigenvalue weighted by molar-refractivity contribution is -0.116. The Morgan fingerprint density at radius 3 is 2.33 bits per heavy atom. The Hall–Kier alpha value is -2.78. The number of benzene rings is 2. The highest BCUT2D eigenvalue weighted by molar-refractivity contribution is 7.89. The fraction of sp³-hybridized carbons (Fsp3) is 0.458. The quantitative estimate of drug-likeness (QED) is 0.560. The summed E-state index contributed by atoms with van der Waals surface area (Å²) >= 11 is 0. The number of piperidine rings is 1. The second kappa shape index (κ2) is 11.4. The smallest absolute Gasteiger partial charge is 0.246 e. The van der Waals surface area contributed by atoms with Gasteiger partial charge < -0.3 is 19.5 Å². The van der Waals surface area contributed by atoms with Gasteiger partial charge in [-0.05, 0) is 62.1 Å². The number of amides is 1. The maximum atomic E-state index is 13.3. The maximum absolute atomic E-state index is 13.3. The van der Waals surface area contributed by atoms with E-state index in [2.05, 4.69) is 5.32 Å². The number of nitrogens with one attached hydrogen (secondary N) is 1. The second-order valence-electron chi connectivity index (χ2n) is 7.80. The van der Waals surface area contributed by atoms with Gasteiger partial charge in [0.25, 0.3) is 0 Å². The number of sulfonamides is 1. The molecule has 3 rings (SSSR count). The number of aryl methyl sites for hydroxylation is 1. The maximum Gasteiger partial charge on any atom is 0.246 e. The second-order valence-corrected chi connectivity index (χ2v) is 9.70. The van der Waals surface area contributed by atoms with Crippen molar-refractivity contribution in [3.8, 4) is 17.2 Å². The predicted octanol–water partition coefficient (Wildman–Crippen LogP) is 3.85. The van der Waals surface area contributed by atoms with Crippen LogP contribution in [0.25, 0.3) is 0 Å². The number of carbonyl (C=O) groups is 1. The molecule has 0 atom stereocenters. The normalized spacial score (nSPS) is 14.5. The molecule has 2 aromatic carbocycles. The third-order valence-corrected chi connectivity index (χ3v) is 7.47. The zero-order valence-electron chi connectivity index (χ0n) is 19.4. The highest BCUT2D eigenvalue weighted by Gasteiger charge is 2.29. The van der Waals surface area contributed by atoms with Crippen LogP contribution in [0.5, 0.6) is 17.2 Å².